The summed E-state index contributed by atoms with van der Waals surface area (Å²) < 4.78 is 16.7. The van der Waals surface area contributed by atoms with Crippen LogP contribution in [0.15, 0.2) is 0 Å². The molecule has 1 amide bonds. The lowest BCUT2D eigenvalue weighted by molar-refractivity contribution is -0.158. The zero-order chi connectivity index (χ0) is 36.2. The van der Waals surface area contributed by atoms with Gasteiger partial charge in [0.1, 0.15) is 16.8 Å². The van der Waals surface area contributed by atoms with Crippen molar-refractivity contribution < 1.29 is 48.4 Å². The van der Waals surface area contributed by atoms with Crippen molar-refractivity contribution in [1.82, 2.24) is 24.9 Å². The van der Waals surface area contributed by atoms with Crippen LogP contribution in [0.25, 0.3) is 0 Å². The minimum absolute atomic E-state index is 0.0120. The molecule has 15 heteroatoms. The summed E-state index contributed by atoms with van der Waals surface area (Å²) in [4.78, 5) is 70.4. The number of nitrogens with zero attached hydrogens (tertiary/aromatic N) is 4. The number of carbonyl (C=O) groups excluding carboxylic acids is 4. The standard InChI is InChI=1S/C32H59N5O10/c1-23(38)28(29(43)44)33-24(39)19-34-11-13-35(20-25(40)45-30(2,3)4)15-17-37(22-27(42)47-32(8,9)10)18-16-36(14-12-34)21-26(41)46-31(5,6)7/h23,28,38H,11-22H2,1-10H3,(H,33,39)(H,43,44)/t23-,28+/m1/s1. The van der Waals surface area contributed by atoms with Gasteiger partial charge in [-0.3, -0.25) is 38.8 Å². The van der Waals surface area contributed by atoms with Crippen molar-refractivity contribution in [3.63, 3.8) is 0 Å². The van der Waals surface area contributed by atoms with Gasteiger partial charge in [0.15, 0.2) is 6.04 Å². The number of hydrogen-bond acceptors (Lipinski definition) is 13. The zero-order valence-electron chi connectivity index (χ0n) is 30.1. The van der Waals surface area contributed by atoms with E-state index in [1.807, 2.05) is 14.7 Å². The molecule has 0 aromatic carbocycles. The van der Waals surface area contributed by atoms with Gasteiger partial charge >= 0.3 is 23.9 Å². The normalized spacial score (nSPS) is 18.6. The Morgan fingerprint density at radius 3 is 1.04 bits per heavy atom. The van der Waals surface area contributed by atoms with Crippen molar-refractivity contribution in [3.8, 4) is 0 Å². The van der Waals surface area contributed by atoms with Gasteiger partial charge in [0.25, 0.3) is 0 Å². The smallest absolute Gasteiger partial charge is 0.328 e. The van der Waals surface area contributed by atoms with E-state index in [4.69, 9.17) is 14.2 Å². The van der Waals surface area contributed by atoms with Gasteiger partial charge in [-0.2, -0.15) is 0 Å². The number of aliphatic carboxylic acids is 1. The Bertz CT molecular complexity index is 1000. The third-order valence-corrected chi connectivity index (χ3v) is 6.68. The van der Waals surface area contributed by atoms with Gasteiger partial charge in [-0.25, -0.2) is 4.79 Å². The Labute approximate surface area is 279 Å². The molecule has 272 valence electrons. The molecule has 15 nitrogen and oxygen atoms in total. The lowest BCUT2D eigenvalue weighted by Crippen LogP contribution is -2.53. The molecule has 0 spiro atoms. The van der Waals surface area contributed by atoms with Gasteiger partial charge in [-0.15, -0.1) is 0 Å². The Hall–Kier alpha value is -2.85. The molecule has 1 fully saturated rings. The Morgan fingerprint density at radius 1 is 0.574 bits per heavy atom. The van der Waals surface area contributed by atoms with Crippen molar-refractivity contribution in [2.45, 2.75) is 98.2 Å². The molecule has 0 unspecified atom stereocenters. The second-order valence-electron chi connectivity index (χ2n) is 15.0. The second kappa shape index (κ2) is 18.6. The van der Waals surface area contributed by atoms with Crippen LogP contribution >= 0.6 is 0 Å². The number of ether oxygens (including phenoxy) is 3. The largest absolute Gasteiger partial charge is 0.480 e. The number of carbonyl (C=O) groups is 5. The molecule has 1 heterocycles. The SMILES string of the molecule is C[C@@H](O)[C@H](NC(=O)CN1CCN(CC(=O)OC(C)(C)C)CCN(CC(=O)OC(C)(C)C)CCN(CC(=O)OC(C)(C)C)CC1)C(=O)O. The molecule has 2 atom stereocenters. The first-order valence-corrected chi connectivity index (χ1v) is 16.2. The minimum atomic E-state index is -1.47. The van der Waals surface area contributed by atoms with Gasteiger partial charge in [0.05, 0.1) is 32.3 Å². The van der Waals surface area contributed by atoms with E-state index in [0.29, 0.717) is 52.4 Å². The van der Waals surface area contributed by atoms with E-state index >= 15 is 0 Å². The molecule has 0 aromatic heterocycles. The van der Waals surface area contributed by atoms with Crippen LogP contribution in [0.4, 0.5) is 0 Å². The summed E-state index contributed by atoms with van der Waals surface area (Å²) >= 11 is 0. The van der Waals surface area contributed by atoms with Crippen molar-refractivity contribution in [2.24, 2.45) is 0 Å². The summed E-state index contributed by atoms with van der Waals surface area (Å²) in [5, 5.41) is 21.6. The summed E-state index contributed by atoms with van der Waals surface area (Å²) in [7, 11) is 0. The van der Waals surface area contributed by atoms with Crippen LogP contribution in [0.3, 0.4) is 0 Å². The van der Waals surface area contributed by atoms with Gasteiger partial charge < -0.3 is 29.7 Å². The monoisotopic (exact) mass is 673 g/mol. The maximum atomic E-state index is 12.9. The van der Waals surface area contributed by atoms with E-state index in [2.05, 4.69) is 5.32 Å². The molecule has 0 aromatic rings. The predicted octanol–water partition coefficient (Wildman–Crippen LogP) is 0.183. The Kier molecular flexibility index (Phi) is 16.7. The highest BCUT2D eigenvalue weighted by Crippen LogP contribution is 2.11. The molecule has 0 bridgehead atoms. The average molecular weight is 674 g/mol. The van der Waals surface area contributed by atoms with Crippen molar-refractivity contribution in [3.05, 3.63) is 0 Å². The summed E-state index contributed by atoms with van der Waals surface area (Å²) in [6.07, 6.45) is -1.31. The van der Waals surface area contributed by atoms with Crippen LogP contribution in [0.1, 0.15) is 69.2 Å². The van der Waals surface area contributed by atoms with Crippen LogP contribution in [0, 0.1) is 0 Å². The number of rotatable bonds is 11. The highest BCUT2D eigenvalue weighted by Gasteiger charge is 2.28. The average Bonchev–Trinajstić information content (AvgIpc) is 2.84. The summed E-state index contributed by atoms with van der Waals surface area (Å²) in [6.45, 7) is 20.0. The third kappa shape index (κ3) is 20.2. The molecule has 0 radical (unpaired) electrons. The van der Waals surface area contributed by atoms with E-state index < -0.39 is 58.7 Å². The number of amides is 1. The topological polar surface area (TPSA) is 178 Å². The summed E-state index contributed by atoms with van der Waals surface area (Å²) in [6, 6.07) is -1.47. The molecular weight excluding hydrogens is 614 g/mol. The van der Waals surface area contributed by atoms with Crippen molar-refractivity contribution >= 4 is 29.8 Å². The fraction of sp³-hybridized carbons (Fsp3) is 0.844. The quantitative estimate of drug-likeness (QED) is 0.200. The Morgan fingerprint density at radius 2 is 0.830 bits per heavy atom. The third-order valence-electron chi connectivity index (χ3n) is 6.68. The summed E-state index contributed by atoms with van der Waals surface area (Å²) in [5.41, 5.74) is -2.03. The molecule has 0 saturated carbocycles. The van der Waals surface area contributed by atoms with Crippen LogP contribution in [-0.2, 0) is 38.2 Å². The molecule has 1 aliphatic rings. The summed E-state index contributed by atoms with van der Waals surface area (Å²) in [5.74, 6) is -3.18. The maximum absolute atomic E-state index is 12.9. The van der Waals surface area contributed by atoms with E-state index in [1.54, 1.807) is 67.2 Å². The van der Waals surface area contributed by atoms with Crippen LogP contribution in [-0.4, -0.2) is 167 Å². The van der Waals surface area contributed by atoms with Crippen LogP contribution in [0.2, 0.25) is 0 Å². The minimum Gasteiger partial charge on any atom is -0.480 e. The van der Waals surface area contributed by atoms with Crippen LogP contribution < -0.4 is 5.32 Å². The van der Waals surface area contributed by atoms with Gasteiger partial charge in [-0.05, 0) is 69.2 Å². The van der Waals surface area contributed by atoms with Gasteiger partial charge in [0, 0.05) is 52.4 Å². The van der Waals surface area contributed by atoms with Crippen molar-refractivity contribution in [1.29, 1.82) is 0 Å². The lowest BCUT2D eigenvalue weighted by atomic mass is 10.2. The Balaban J connectivity index is 3.29. The first-order chi connectivity index (χ1) is 21.4. The number of carboxylic acid groups (broad SMARTS) is 1. The highest BCUT2D eigenvalue weighted by atomic mass is 16.6. The number of carboxylic acids is 1. The van der Waals surface area contributed by atoms with E-state index in [-0.39, 0.29) is 26.2 Å². The van der Waals surface area contributed by atoms with Gasteiger partial charge in [0.2, 0.25) is 5.91 Å². The van der Waals surface area contributed by atoms with Crippen molar-refractivity contribution in [2.75, 3.05) is 78.5 Å². The highest BCUT2D eigenvalue weighted by molar-refractivity contribution is 5.85. The first-order valence-electron chi connectivity index (χ1n) is 16.2. The molecule has 1 saturated heterocycles. The maximum Gasteiger partial charge on any atom is 0.328 e. The molecule has 1 aliphatic heterocycles. The molecule has 1 rings (SSSR count). The molecular formula is C32H59N5O10. The number of aliphatic hydroxyl groups is 1. The molecule has 47 heavy (non-hydrogen) atoms. The number of esters is 3. The van der Waals surface area contributed by atoms with E-state index in [0.717, 1.165) is 0 Å². The second-order valence-corrected chi connectivity index (χ2v) is 15.0. The fourth-order valence-electron chi connectivity index (χ4n) is 4.69. The molecule has 3 N–H and O–H groups in total. The van der Waals surface area contributed by atoms with Crippen LogP contribution in [0.5, 0.6) is 0 Å². The first kappa shape index (κ1) is 42.2. The lowest BCUT2D eigenvalue weighted by Gasteiger charge is -2.34. The number of nitrogens with one attached hydrogen (secondary N) is 1. The predicted molar refractivity (Wildman–Crippen MR) is 175 cm³/mol. The number of aliphatic hydroxyl groups excluding tert-OH is 1. The van der Waals surface area contributed by atoms with Gasteiger partial charge in [-0.1, -0.05) is 0 Å². The molecule has 0 aliphatic carbocycles. The fourth-order valence-corrected chi connectivity index (χ4v) is 4.69. The zero-order valence-corrected chi connectivity index (χ0v) is 30.1. The van der Waals surface area contributed by atoms with E-state index in [9.17, 15) is 34.2 Å². The van der Waals surface area contributed by atoms with E-state index in [1.165, 1.54) is 6.92 Å². The number of hydrogen-bond donors (Lipinski definition) is 3.